The highest BCUT2D eigenvalue weighted by Crippen LogP contribution is 2.47. The number of hydrogen-bond acceptors (Lipinski definition) is 1. The summed E-state index contributed by atoms with van der Waals surface area (Å²) in [5.41, 5.74) is 4.12. The molecule has 0 fully saturated rings. The maximum absolute atomic E-state index is 3.51. The van der Waals surface area contributed by atoms with Crippen LogP contribution in [0, 0.1) is 0 Å². The summed E-state index contributed by atoms with van der Waals surface area (Å²) < 4.78 is 1.13. The van der Waals surface area contributed by atoms with Crippen LogP contribution in [0.25, 0.3) is 0 Å². The molecule has 0 saturated heterocycles. The number of nitrogens with one attached hydrogen (secondary N) is 1. The molecule has 1 heterocycles. The van der Waals surface area contributed by atoms with Gasteiger partial charge < -0.3 is 5.32 Å². The molecule has 0 spiro atoms. The predicted molar refractivity (Wildman–Crippen MR) is 67.0 cm³/mol. The van der Waals surface area contributed by atoms with Crippen molar-refractivity contribution in [1.29, 1.82) is 0 Å². The first kappa shape index (κ1) is 9.22. The molecule has 1 aliphatic heterocycles. The zero-order chi connectivity index (χ0) is 10.5. The fourth-order valence-corrected chi connectivity index (χ4v) is 2.80. The van der Waals surface area contributed by atoms with E-state index in [2.05, 4.69) is 64.6 Å². The minimum absolute atomic E-state index is 0.158. The van der Waals surface area contributed by atoms with Crippen LogP contribution in [0.4, 0.5) is 5.69 Å². The first-order valence-electron chi connectivity index (χ1n) is 5.14. The SMILES string of the molecule is CC12CC=CC=C1Nc1cc(Br)ccc12. The van der Waals surface area contributed by atoms with Crippen molar-refractivity contribution in [2.75, 3.05) is 5.32 Å². The molecule has 2 heteroatoms. The summed E-state index contributed by atoms with van der Waals surface area (Å²) in [4.78, 5) is 0. The van der Waals surface area contributed by atoms with Crippen molar-refractivity contribution in [3.63, 3.8) is 0 Å². The van der Waals surface area contributed by atoms with E-state index in [0.29, 0.717) is 0 Å². The molecule has 0 radical (unpaired) electrons. The molecular weight excluding hydrogens is 250 g/mol. The molecule has 1 aliphatic carbocycles. The van der Waals surface area contributed by atoms with E-state index in [1.807, 2.05) is 0 Å². The summed E-state index contributed by atoms with van der Waals surface area (Å²) in [6.45, 7) is 2.30. The van der Waals surface area contributed by atoms with Crippen LogP contribution in [0.1, 0.15) is 18.9 Å². The molecular formula is C13H12BrN. The Labute approximate surface area is 98.0 Å². The molecule has 1 aromatic rings. The summed E-state index contributed by atoms with van der Waals surface area (Å²) in [5.74, 6) is 0. The van der Waals surface area contributed by atoms with Crippen LogP contribution in [0.2, 0.25) is 0 Å². The van der Waals surface area contributed by atoms with E-state index in [9.17, 15) is 0 Å². The molecule has 0 amide bonds. The first-order valence-corrected chi connectivity index (χ1v) is 5.94. The Kier molecular flexibility index (Phi) is 1.84. The molecule has 3 rings (SSSR count). The van der Waals surface area contributed by atoms with E-state index in [1.165, 1.54) is 16.9 Å². The Morgan fingerprint density at radius 2 is 2.27 bits per heavy atom. The van der Waals surface area contributed by atoms with E-state index in [0.717, 1.165) is 10.9 Å². The normalized spacial score (nSPS) is 26.7. The fraction of sp³-hybridized carbons (Fsp3) is 0.231. The molecule has 1 unspecified atom stereocenters. The minimum atomic E-state index is 0.158. The van der Waals surface area contributed by atoms with Gasteiger partial charge in [-0.3, -0.25) is 0 Å². The van der Waals surface area contributed by atoms with Crippen molar-refractivity contribution in [3.8, 4) is 0 Å². The highest BCUT2D eigenvalue weighted by molar-refractivity contribution is 9.10. The van der Waals surface area contributed by atoms with Crippen molar-refractivity contribution in [1.82, 2.24) is 0 Å². The van der Waals surface area contributed by atoms with E-state index in [4.69, 9.17) is 0 Å². The van der Waals surface area contributed by atoms with Crippen molar-refractivity contribution in [2.24, 2.45) is 0 Å². The summed E-state index contributed by atoms with van der Waals surface area (Å²) in [6, 6.07) is 6.49. The third-order valence-corrected chi connectivity index (χ3v) is 3.86. The number of rotatable bonds is 0. The molecule has 15 heavy (non-hydrogen) atoms. The van der Waals surface area contributed by atoms with Crippen LogP contribution in [0.15, 0.2) is 46.6 Å². The van der Waals surface area contributed by atoms with Gasteiger partial charge >= 0.3 is 0 Å². The average molecular weight is 262 g/mol. The van der Waals surface area contributed by atoms with Crippen LogP contribution in [-0.2, 0) is 5.41 Å². The lowest BCUT2D eigenvalue weighted by molar-refractivity contribution is 0.585. The lowest BCUT2D eigenvalue weighted by Crippen LogP contribution is -2.22. The molecule has 0 bridgehead atoms. The van der Waals surface area contributed by atoms with E-state index in [-0.39, 0.29) is 5.41 Å². The van der Waals surface area contributed by atoms with Gasteiger partial charge in [-0.15, -0.1) is 0 Å². The molecule has 1 atom stereocenters. The second kappa shape index (κ2) is 2.99. The molecule has 0 saturated carbocycles. The minimum Gasteiger partial charge on any atom is -0.358 e. The largest absolute Gasteiger partial charge is 0.358 e. The summed E-state index contributed by atoms with van der Waals surface area (Å²) in [5, 5.41) is 3.50. The van der Waals surface area contributed by atoms with Gasteiger partial charge in [0.15, 0.2) is 0 Å². The average Bonchev–Trinajstić information content (AvgIpc) is 2.49. The third-order valence-electron chi connectivity index (χ3n) is 3.36. The van der Waals surface area contributed by atoms with Gasteiger partial charge in [-0.1, -0.05) is 34.1 Å². The fourth-order valence-electron chi connectivity index (χ4n) is 2.44. The highest BCUT2D eigenvalue weighted by Gasteiger charge is 2.38. The van der Waals surface area contributed by atoms with Gasteiger partial charge in [0, 0.05) is 21.3 Å². The van der Waals surface area contributed by atoms with Gasteiger partial charge in [-0.05, 0) is 37.1 Å². The number of benzene rings is 1. The standard InChI is InChI=1S/C13H12BrN/c1-13-7-3-2-4-12(13)15-11-8-9(14)5-6-10(11)13/h2-6,8,15H,7H2,1H3. The lowest BCUT2D eigenvalue weighted by Gasteiger charge is -2.26. The monoisotopic (exact) mass is 261 g/mol. The van der Waals surface area contributed by atoms with Crippen molar-refractivity contribution in [2.45, 2.75) is 18.8 Å². The Hall–Kier alpha value is -1.02. The van der Waals surface area contributed by atoms with Gasteiger partial charge in [-0.25, -0.2) is 0 Å². The van der Waals surface area contributed by atoms with E-state index >= 15 is 0 Å². The molecule has 0 aromatic heterocycles. The Bertz CT molecular complexity index is 487. The molecule has 76 valence electrons. The Morgan fingerprint density at radius 1 is 1.40 bits per heavy atom. The number of hydrogen-bond donors (Lipinski definition) is 1. The molecule has 1 nitrogen and oxygen atoms in total. The number of halogens is 1. The van der Waals surface area contributed by atoms with Crippen molar-refractivity contribution in [3.05, 3.63) is 52.2 Å². The lowest BCUT2D eigenvalue weighted by atomic mass is 9.77. The molecule has 1 aromatic carbocycles. The van der Waals surface area contributed by atoms with Gasteiger partial charge in [-0.2, -0.15) is 0 Å². The van der Waals surface area contributed by atoms with Crippen molar-refractivity contribution < 1.29 is 0 Å². The van der Waals surface area contributed by atoms with Gasteiger partial charge in [0.25, 0.3) is 0 Å². The smallest absolute Gasteiger partial charge is 0.0435 e. The second-order valence-electron chi connectivity index (χ2n) is 4.36. The van der Waals surface area contributed by atoms with Gasteiger partial charge in [0.2, 0.25) is 0 Å². The predicted octanol–water partition coefficient (Wildman–Crippen LogP) is 3.98. The summed E-state index contributed by atoms with van der Waals surface area (Å²) in [6.07, 6.45) is 7.63. The quantitative estimate of drug-likeness (QED) is 0.745. The first-order chi connectivity index (χ1) is 7.20. The van der Waals surface area contributed by atoms with Crippen LogP contribution >= 0.6 is 15.9 Å². The topological polar surface area (TPSA) is 12.0 Å². The maximum atomic E-state index is 3.51. The second-order valence-corrected chi connectivity index (χ2v) is 5.28. The molecule has 2 aliphatic rings. The molecule has 1 N–H and O–H groups in total. The van der Waals surface area contributed by atoms with Crippen LogP contribution in [-0.4, -0.2) is 0 Å². The zero-order valence-corrected chi connectivity index (χ0v) is 10.1. The van der Waals surface area contributed by atoms with Gasteiger partial charge in [0.1, 0.15) is 0 Å². The summed E-state index contributed by atoms with van der Waals surface area (Å²) in [7, 11) is 0. The van der Waals surface area contributed by atoms with Gasteiger partial charge in [0.05, 0.1) is 0 Å². The van der Waals surface area contributed by atoms with Crippen LogP contribution < -0.4 is 5.32 Å². The van der Waals surface area contributed by atoms with Crippen molar-refractivity contribution >= 4 is 21.6 Å². The number of allylic oxidation sites excluding steroid dienone is 4. The zero-order valence-electron chi connectivity index (χ0n) is 8.55. The Balaban J connectivity index is 2.20. The maximum Gasteiger partial charge on any atom is 0.0435 e. The highest BCUT2D eigenvalue weighted by atomic mass is 79.9. The Morgan fingerprint density at radius 3 is 3.13 bits per heavy atom. The van der Waals surface area contributed by atoms with E-state index in [1.54, 1.807) is 0 Å². The number of anilines is 1. The summed E-state index contributed by atoms with van der Waals surface area (Å²) >= 11 is 3.51. The van der Waals surface area contributed by atoms with Crippen LogP contribution in [0.5, 0.6) is 0 Å². The number of fused-ring (bicyclic) bond motifs is 3. The van der Waals surface area contributed by atoms with Crippen LogP contribution in [0.3, 0.4) is 0 Å². The third kappa shape index (κ3) is 1.21. The van der Waals surface area contributed by atoms with E-state index < -0.39 is 0 Å².